The molecule has 2 rings (SSSR count). The summed E-state index contributed by atoms with van der Waals surface area (Å²) in [6.45, 7) is 3.71. The second kappa shape index (κ2) is 8.51. The topological polar surface area (TPSA) is 84.5 Å². The first-order valence-electron chi connectivity index (χ1n) is 8.30. The van der Waals surface area contributed by atoms with Crippen molar-refractivity contribution >= 4 is 21.6 Å². The van der Waals surface area contributed by atoms with Crippen LogP contribution in [0.3, 0.4) is 0 Å². The van der Waals surface area contributed by atoms with Crippen molar-refractivity contribution in [3.05, 3.63) is 54.1 Å². The zero-order valence-electron chi connectivity index (χ0n) is 15.1. The molecule has 0 aliphatic carbocycles. The minimum absolute atomic E-state index is 0.0546. The minimum Gasteiger partial charge on any atom is -0.406 e. The number of halogens is 3. The lowest BCUT2D eigenvalue weighted by molar-refractivity contribution is -0.274. The van der Waals surface area contributed by atoms with Crippen LogP contribution in [0.4, 0.5) is 18.9 Å². The largest absolute Gasteiger partial charge is 0.573 e. The molecule has 0 saturated heterocycles. The van der Waals surface area contributed by atoms with Gasteiger partial charge in [-0.1, -0.05) is 19.1 Å². The molecular weight excluding hydrogens is 397 g/mol. The predicted octanol–water partition coefficient (Wildman–Crippen LogP) is 3.91. The normalized spacial score (nSPS) is 12.9. The molecular formula is C18H19F3N2O4S. The lowest BCUT2D eigenvalue weighted by atomic mass is 10.1. The fourth-order valence-electron chi connectivity index (χ4n) is 2.20. The van der Waals surface area contributed by atoms with E-state index in [9.17, 15) is 26.4 Å². The average Bonchev–Trinajstić information content (AvgIpc) is 2.60. The Labute approximate surface area is 160 Å². The molecule has 10 heteroatoms. The Hall–Kier alpha value is -2.75. The molecule has 0 heterocycles. The van der Waals surface area contributed by atoms with Crippen LogP contribution in [0.1, 0.15) is 30.6 Å². The van der Waals surface area contributed by atoms with E-state index in [4.69, 9.17) is 0 Å². The summed E-state index contributed by atoms with van der Waals surface area (Å²) in [6.07, 6.45) is -4.17. The van der Waals surface area contributed by atoms with Gasteiger partial charge in [-0.15, -0.1) is 13.2 Å². The van der Waals surface area contributed by atoms with Gasteiger partial charge in [-0.05, 0) is 49.7 Å². The summed E-state index contributed by atoms with van der Waals surface area (Å²) in [5.41, 5.74) is 0.183. The number of rotatable bonds is 7. The molecule has 1 atom stereocenters. The Morgan fingerprint density at radius 2 is 1.71 bits per heavy atom. The van der Waals surface area contributed by atoms with Crippen molar-refractivity contribution in [2.75, 3.05) is 4.72 Å². The molecule has 2 aromatic carbocycles. The number of benzene rings is 2. The van der Waals surface area contributed by atoms with E-state index in [-0.39, 0.29) is 22.2 Å². The number of amides is 1. The number of nitrogens with one attached hydrogen (secondary N) is 2. The van der Waals surface area contributed by atoms with Crippen LogP contribution in [0.5, 0.6) is 5.75 Å². The van der Waals surface area contributed by atoms with Crippen molar-refractivity contribution in [1.82, 2.24) is 5.32 Å². The summed E-state index contributed by atoms with van der Waals surface area (Å²) in [7, 11) is -4.13. The lowest BCUT2D eigenvalue weighted by Gasteiger charge is -2.15. The third-order valence-electron chi connectivity index (χ3n) is 3.77. The molecule has 2 aromatic rings. The Bertz CT molecular complexity index is 929. The quantitative estimate of drug-likeness (QED) is 0.717. The van der Waals surface area contributed by atoms with Gasteiger partial charge in [0, 0.05) is 6.04 Å². The summed E-state index contributed by atoms with van der Waals surface area (Å²) in [5.74, 6) is -0.985. The van der Waals surface area contributed by atoms with Crippen LogP contribution in [-0.2, 0) is 10.0 Å². The second-order valence-corrected chi connectivity index (χ2v) is 7.64. The second-order valence-electron chi connectivity index (χ2n) is 5.95. The molecule has 28 heavy (non-hydrogen) atoms. The molecule has 6 nitrogen and oxygen atoms in total. The third-order valence-corrected chi connectivity index (χ3v) is 5.15. The highest BCUT2D eigenvalue weighted by molar-refractivity contribution is 7.92. The van der Waals surface area contributed by atoms with Gasteiger partial charge in [0.2, 0.25) is 0 Å². The van der Waals surface area contributed by atoms with E-state index in [0.717, 1.165) is 24.3 Å². The molecule has 0 spiro atoms. The Morgan fingerprint density at radius 1 is 1.11 bits per heavy atom. The maximum absolute atomic E-state index is 12.5. The van der Waals surface area contributed by atoms with Crippen LogP contribution in [-0.4, -0.2) is 26.7 Å². The van der Waals surface area contributed by atoms with Crippen LogP contribution in [0.15, 0.2) is 53.4 Å². The standard InChI is InChI=1S/C18H19F3N2O4S/c1-3-12(2)22-17(24)15-6-4-5-7-16(15)23-28(25,26)14-10-8-13(9-11-14)27-18(19,20)21/h4-12,23H,3H2,1-2H3,(H,22,24). The number of carbonyl (C=O) groups excluding carboxylic acids is 1. The van der Waals surface area contributed by atoms with Crippen molar-refractivity contribution in [1.29, 1.82) is 0 Å². The lowest BCUT2D eigenvalue weighted by Crippen LogP contribution is -2.32. The molecule has 0 bridgehead atoms. The predicted molar refractivity (Wildman–Crippen MR) is 97.6 cm³/mol. The monoisotopic (exact) mass is 416 g/mol. The molecule has 0 radical (unpaired) electrons. The van der Waals surface area contributed by atoms with Crippen molar-refractivity contribution in [2.24, 2.45) is 0 Å². The first-order chi connectivity index (χ1) is 13.0. The molecule has 0 fully saturated rings. The first-order valence-corrected chi connectivity index (χ1v) is 9.78. The number of hydrogen-bond acceptors (Lipinski definition) is 4. The molecule has 1 unspecified atom stereocenters. The number of para-hydroxylation sites is 1. The SMILES string of the molecule is CCC(C)NC(=O)c1ccccc1NS(=O)(=O)c1ccc(OC(F)(F)F)cc1. The van der Waals surface area contributed by atoms with Crippen molar-refractivity contribution in [3.63, 3.8) is 0 Å². The Balaban J connectivity index is 2.24. The maximum Gasteiger partial charge on any atom is 0.573 e. The minimum atomic E-state index is -4.87. The first kappa shape index (κ1) is 21.5. The fourth-order valence-corrected chi connectivity index (χ4v) is 3.28. The van der Waals surface area contributed by atoms with Gasteiger partial charge in [-0.2, -0.15) is 0 Å². The number of hydrogen-bond donors (Lipinski definition) is 2. The van der Waals surface area contributed by atoms with Gasteiger partial charge >= 0.3 is 6.36 Å². The molecule has 152 valence electrons. The fraction of sp³-hybridized carbons (Fsp3) is 0.278. The summed E-state index contributed by atoms with van der Waals surface area (Å²) in [5, 5.41) is 2.74. The highest BCUT2D eigenvalue weighted by atomic mass is 32.2. The molecule has 1 amide bonds. The average molecular weight is 416 g/mol. The number of alkyl halides is 3. The molecule has 0 aliphatic rings. The van der Waals surface area contributed by atoms with Gasteiger partial charge in [0.1, 0.15) is 5.75 Å². The van der Waals surface area contributed by atoms with Crippen LogP contribution in [0, 0.1) is 0 Å². The smallest absolute Gasteiger partial charge is 0.406 e. The summed E-state index contributed by atoms with van der Waals surface area (Å²) in [6, 6.07) is 9.67. The van der Waals surface area contributed by atoms with E-state index >= 15 is 0 Å². The van der Waals surface area contributed by atoms with Gasteiger partial charge in [0.15, 0.2) is 0 Å². The highest BCUT2D eigenvalue weighted by Gasteiger charge is 2.31. The Kier molecular flexibility index (Phi) is 6.55. The van der Waals surface area contributed by atoms with Gasteiger partial charge in [-0.3, -0.25) is 9.52 Å². The van der Waals surface area contributed by atoms with Gasteiger partial charge in [-0.25, -0.2) is 8.42 Å². The van der Waals surface area contributed by atoms with Crippen molar-refractivity contribution < 1.29 is 31.1 Å². The van der Waals surface area contributed by atoms with Gasteiger partial charge in [0.05, 0.1) is 16.1 Å². The van der Waals surface area contributed by atoms with Gasteiger partial charge in [0.25, 0.3) is 15.9 Å². The van der Waals surface area contributed by atoms with E-state index < -0.39 is 28.0 Å². The zero-order valence-corrected chi connectivity index (χ0v) is 15.9. The molecule has 0 saturated carbocycles. The van der Waals surface area contributed by atoms with Crippen molar-refractivity contribution in [2.45, 2.75) is 37.6 Å². The highest BCUT2D eigenvalue weighted by Crippen LogP contribution is 2.25. The van der Waals surface area contributed by atoms with Gasteiger partial charge < -0.3 is 10.1 Å². The van der Waals surface area contributed by atoms with Crippen molar-refractivity contribution in [3.8, 4) is 5.75 Å². The van der Waals surface area contributed by atoms with Crippen LogP contribution in [0.2, 0.25) is 0 Å². The maximum atomic E-state index is 12.5. The van der Waals surface area contributed by atoms with Crippen LogP contribution < -0.4 is 14.8 Å². The van der Waals surface area contributed by atoms with E-state index in [0.29, 0.717) is 6.42 Å². The van der Waals surface area contributed by atoms with E-state index in [1.165, 1.54) is 12.1 Å². The Morgan fingerprint density at radius 3 is 2.29 bits per heavy atom. The summed E-state index contributed by atoms with van der Waals surface area (Å²) in [4.78, 5) is 12.1. The number of ether oxygens (including phenoxy) is 1. The summed E-state index contributed by atoms with van der Waals surface area (Å²) >= 11 is 0. The third kappa shape index (κ3) is 5.88. The summed E-state index contributed by atoms with van der Waals surface area (Å²) < 4.78 is 67.7. The van der Waals surface area contributed by atoms with E-state index in [1.54, 1.807) is 12.1 Å². The van der Waals surface area contributed by atoms with Crippen LogP contribution >= 0.6 is 0 Å². The number of sulfonamides is 1. The number of carbonyl (C=O) groups is 1. The van der Waals surface area contributed by atoms with E-state index in [1.807, 2.05) is 13.8 Å². The van der Waals surface area contributed by atoms with Crippen LogP contribution in [0.25, 0.3) is 0 Å². The zero-order chi connectivity index (χ0) is 20.9. The molecule has 0 aromatic heterocycles. The van der Waals surface area contributed by atoms with E-state index in [2.05, 4.69) is 14.8 Å². The molecule has 2 N–H and O–H groups in total. The molecule has 0 aliphatic heterocycles. The number of anilines is 1.